The van der Waals surface area contributed by atoms with E-state index in [2.05, 4.69) is 15.6 Å². The zero-order valence-electron chi connectivity index (χ0n) is 17.2. The largest absolute Gasteiger partial charge is 0.490 e. The van der Waals surface area contributed by atoms with Crippen molar-refractivity contribution in [1.29, 1.82) is 0 Å². The molecule has 3 aromatic rings. The third-order valence-electron chi connectivity index (χ3n) is 4.24. The first kappa shape index (κ1) is 22.7. The van der Waals surface area contributed by atoms with Gasteiger partial charge in [-0.3, -0.25) is 14.6 Å². The van der Waals surface area contributed by atoms with Gasteiger partial charge in [0.25, 0.3) is 5.91 Å². The second-order valence-electron chi connectivity index (χ2n) is 6.60. The van der Waals surface area contributed by atoms with Gasteiger partial charge < -0.3 is 20.1 Å². The Morgan fingerprint density at radius 2 is 1.84 bits per heavy atom. The lowest BCUT2D eigenvalue weighted by molar-refractivity contribution is -0.115. The van der Waals surface area contributed by atoms with Crippen LogP contribution in [0.5, 0.6) is 11.5 Å². The molecule has 0 aliphatic carbocycles. The molecule has 0 aliphatic rings. The summed E-state index contributed by atoms with van der Waals surface area (Å²) in [5, 5.41) is 4.85. The number of rotatable bonds is 9. The molecule has 0 unspecified atom stereocenters. The second-order valence-corrected chi connectivity index (χ2v) is 6.60. The van der Waals surface area contributed by atoms with Crippen molar-refractivity contribution in [3.05, 3.63) is 83.7 Å². The number of carbonyl (C=O) groups excluding carboxylic acids is 2. The lowest BCUT2D eigenvalue weighted by atomic mass is 10.2. The summed E-state index contributed by atoms with van der Waals surface area (Å²) in [6.07, 6.45) is 3.36. The highest BCUT2D eigenvalue weighted by molar-refractivity contribution is 5.99. The number of hydrogen-bond acceptors (Lipinski definition) is 5. The quantitative estimate of drug-likeness (QED) is 0.529. The van der Waals surface area contributed by atoms with Gasteiger partial charge in [0.05, 0.1) is 13.2 Å². The Morgan fingerprint density at radius 3 is 2.56 bits per heavy atom. The van der Waals surface area contributed by atoms with Crippen molar-refractivity contribution in [3.8, 4) is 11.5 Å². The molecule has 9 heteroatoms. The molecule has 166 valence electrons. The van der Waals surface area contributed by atoms with Crippen molar-refractivity contribution in [2.75, 3.05) is 18.5 Å². The van der Waals surface area contributed by atoms with E-state index in [0.29, 0.717) is 18.1 Å². The molecule has 3 rings (SSSR count). The van der Waals surface area contributed by atoms with Crippen molar-refractivity contribution < 1.29 is 27.8 Å². The molecule has 0 fully saturated rings. The number of pyridine rings is 1. The van der Waals surface area contributed by atoms with Gasteiger partial charge in [0.1, 0.15) is 6.61 Å². The molecular formula is C23H21F2N3O4. The van der Waals surface area contributed by atoms with Crippen LogP contribution in [0, 0.1) is 11.6 Å². The Morgan fingerprint density at radius 1 is 1.00 bits per heavy atom. The maximum absolute atomic E-state index is 13.2. The van der Waals surface area contributed by atoms with E-state index in [0.717, 1.165) is 17.7 Å². The maximum atomic E-state index is 13.2. The minimum Gasteiger partial charge on any atom is -0.490 e. The molecule has 2 aromatic carbocycles. The number of benzene rings is 2. The lowest BCUT2D eigenvalue weighted by Crippen LogP contribution is -2.32. The van der Waals surface area contributed by atoms with Gasteiger partial charge >= 0.3 is 0 Å². The zero-order valence-corrected chi connectivity index (χ0v) is 17.2. The highest BCUT2D eigenvalue weighted by atomic mass is 19.2. The Kier molecular flexibility index (Phi) is 7.69. The lowest BCUT2D eigenvalue weighted by Gasteiger charge is -2.13. The zero-order chi connectivity index (χ0) is 22.9. The molecule has 1 heterocycles. The number of ether oxygens (including phenoxy) is 2. The van der Waals surface area contributed by atoms with Crippen molar-refractivity contribution in [2.45, 2.75) is 13.5 Å². The van der Waals surface area contributed by atoms with E-state index in [1.165, 1.54) is 12.1 Å². The Balaban J connectivity index is 1.59. The van der Waals surface area contributed by atoms with Gasteiger partial charge in [0, 0.05) is 35.3 Å². The van der Waals surface area contributed by atoms with E-state index in [-0.39, 0.29) is 24.4 Å². The van der Waals surface area contributed by atoms with Gasteiger partial charge in [0.15, 0.2) is 23.1 Å². The summed E-state index contributed by atoms with van der Waals surface area (Å²) in [5.74, 6) is -2.36. The van der Waals surface area contributed by atoms with E-state index in [1.807, 2.05) is 6.07 Å². The maximum Gasteiger partial charge on any atom is 0.251 e. The minimum atomic E-state index is -1.08. The van der Waals surface area contributed by atoms with Gasteiger partial charge in [-0.15, -0.1) is 0 Å². The molecule has 0 radical (unpaired) electrons. The number of halogens is 2. The molecule has 2 amide bonds. The van der Waals surface area contributed by atoms with Crippen LogP contribution in [0.2, 0.25) is 0 Å². The van der Waals surface area contributed by atoms with Crippen LogP contribution in [0.3, 0.4) is 0 Å². The van der Waals surface area contributed by atoms with E-state index in [9.17, 15) is 18.4 Å². The minimum absolute atomic E-state index is 0.0805. The van der Waals surface area contributed by atoms with Crippen LogP contribution in [0.1, 0.15) is 22.8 Å². The molecule has 0 aliphatic heterocycles. The Labute approximate surface area is 183 Å². The van der Waals surface area contributed by atoms with Crippen molar-refractivity contribution >= 4 is 17.5 Å². The molecule has 2 N–H and O–H groups in total. The fraction of sp³-hybridized carbons (Fsp3) is 0.174. The van der Waals surface area contributed by atoms with Gasteiger partial charge in [-0.2, -0.15) is 0 Å². The molecule has 0 saturated carbocycles. The number of hydrogen-bond donors (Lipinski definition) is 2. The van der Waals surface area contributed by atoms with Crippen molar-refractivity contribution in [1.82, 2.24) is 10.3 Å². The summed E-state index contributed by atoms with van der Waals surface area (Å²) < 4.78 is 37.5. The van der Waals surface area contributed by atoms with E-state index in [4.69, 9.17) is 9.47 Å². The van der Waals surface area contributed by atoms with Gasteiger partial charge in [-0.05, 0) is 43.3 Å². The average molecular weight is 441 g/mol. The standard InChI is InChI=1S/C23H21F2N3O4/c1-2-31-21-10-16(5-8-20(21)32-14-15-4-3-9-26-12-15)23(30)27-13-22(29)28-17-6-7-18(24)19(25)11-17/h3-12H,2,13-14H2,1H3,(H,27,30)(H,28,29). The first-order valence-electron chi connectivity index (χ1n) is 9.78. The number of anilines is 1. The highest BCUT2D eigenvalue weighted by Crippen LogP contribution is 2.29. The van der Waals surface area contributed by atoms with Crippen LogP contribution < -0.4 is 20.1 Å². The predicted octanol–water partition coefficient (Wildman–Crippen LogP) is 3.71. The Bertz CT molecular complexity index is 1090. The fourth-order valence-corrected chi connectivity index (χ4v) is 2.72. The first-order chi connectivity index (χ1) is 15.5. The fourth-order valence-electron chi connectivity index (χ4n) is 2.72. The summed E-state index contributed by atoms with van der Waals surface area (Å²) in [6.45, 7) is 2.09. The number of aromatic nitrogens is 1. The highest BCUT2D eigenvalue weighted by Gasteiger charge is 2.14. The predicted molar refractivity (Wildman–Crippen MR) is 114 cm³/mol. The molecule has 0 bridgehead atoms. The van der Waals surface area contributed by atoms with Gasteiger partial charge in [-0.1, -0.05) is 6.07 Å². The molecule has 7 nitrogen and oxygen atoms in total. The summed E-state index contributed by atoms with van der Waals surface area (Å²) in [7, 11) is 0. The summed E-state index contributed by atoms with van der Waals surface area (Å²) in [5.41, 5.74) is 1.23. The topological polar surface area (TPSA) is 89.5 Å². The van der Waals surface area contributed by atoms with Gasteiger partial charge in [-0.25, -0.2) is 8.78 Å². The van der Waals surface area contributed by atoms with Crippen LogP contribution in [0.4, 0.5) is 14.5 Å². The normalized spacial score (nSPS) is 10.3. The number of amides is 2. The summed E-state index contributed by atoms with van der Waals surface area (Å²) in [4.78, 5) is 28.5. The SMILES string of the molecule is CCOc1cc(C(=O)NCC(=O)Nc2ccc(F)c(F)c2)ccc1OCc1cccnc1. The summed E-state index contributed by atoms with van der Waals surface area (Å²) in [6, 6.07) is 11.3. The Hall–Kier alpha value is -4.01. The molecule has 32 heavy (non-hydrogen) atoms. The van der Waals surface area contributed by atoms with E-state index < -0.39 is 23.4 Å². The van der Waals surface area contributed by atoms with Crippen LogP contribution in [-0.4, -0.2) is 29.9 Å². The van der Waals surface area contributed by atoms with Crippen molar-refractivity contribution in [3.63, 3.8) is 0 Å². The molecule has 0 atom stereocenters. The third-order valence-corrected chi connectivity index (χ3v) is 4.24. The van der Waals surface area contributed by atoms with Crippen LogP contribution in [0.25, 0.3) is 0 Å². The van der Waals surface area contributed by atoms with Crippen molar-refractivity contribution in [2.24, 2.45) is 0 Å². The number of nitrogens with zero attached hydrogens (tertiary/aromatic N) is 1. The number of nitrogens with one attached hydrogen (secondary N) is 2. The second kappa shape index (κ2) is 10.9. The first-order valence-corrected chi connectivity index (χ1v) is 9.78. The summed E-state index contributed by atoms with van der Waals surface area (Å²) >= 11 is 0. The number of carbonyl (C=O) groups is 2. The van der Waals surface area contributed by atoms with Crippen LogP contribution >= 0.6 is 0 Å². The molecule has 0 saturated heterocycles. The monoisotopic (exact) mass is 441 g/mol. The van der Waals surface area contributed by atoms with Gasteiger partial charge in [0.2, 0.25) is 5.91 Å². The van der Waals surface area contributed by atoms with Crippen LogP contribution in [-0.2, 0) is 11.4 Å². The van der Waals surface area contributed by atoms with Crippen LogP contribution in [0.15, 0.2) is 60.9 Å². The van der Waals surface area contributed by atoms with E-state index >= 15 is 0 Å². The molecular weight excluding hydrogens is 420 g/mol. The molecule has 0 spiro atoms. The molecule has 1 aromatic heterocycles. The third kappa shape index (κ3) is 6.24. The average Bonchev–Trinajstić information content (AvgIpc) is 2.80. The smallest absolute Gasteiger partial charge is 0.251 e. The van der Waals surface area contributed by atoms with E-state index in [1.54, 1.807) is 37.5 Å².